The third-order valence-corrected chi connectivity index (χ3v) is 7.09. The van der Waals surface area contributed by atoms with Gasteiger partial charge in [-0.25, -0.2) is 0 Å². The van der Waals surface area contributed by atoms with Crippen molar-refractivity contribution in [1.82, 2.24) is 9.88 Å². The van der Waals surface area contributed by atoms with Crippen LogP contribution in [0, 0.1) is 25.7 Å². The fraction of sp³-hybridized carbons (Fsp3) is 0.407. The molecule has 1 aliphatic heterocycles. The fourth-order valence-electron chi connectivity index (χ4n) is 5.53. The number of aryl methyl sites for hydroxylation is 2. The largest absolute Gasteiger partial charge is 0.485 e. The Bertz CT molecular complexity index is 1150. The number of hydrogen-bond donors (Lipinski definition) is 2. The molecular weight excluding hydrogens is 414 g/mol. The van der Waals surface area contributed by atoms with Crippen molar-refractivity contribution in [2.75, 3.05) is 25.0 Å². The van der Waals surface area contributed by atoms with Gasteiger partial charge in [-0.2, -0.15) is 0 Å². The summed E-state index contributed by atoms with van der Waals surface area (Å²) in [5, 5.41) is 15.0. The Hall–Kier alpha value is -2.96. The molecule has 2 aliphatic rings. The molecule has 2 N–H and O–H groups in total. The number of aliphatic hydroxyl groups excluding tert-OH is 1. The van der Waals surface area contributed by atoms with Crippen LogP contribution in [0.1, 0.15) is 24.0 Å². The molecule has 1 saturated carbocycles. The van der Waals surface area contributed by atoms with Crippen LogP contribution >= 0.6 is 0 Å². The Morgan fingerprint density at radius 2 is 1.85 bits per heavy atom. The first-order chi connectivity index (χ1) is 16.0. The number of aromatic nitrogens is 1. The first kappa shape index (κ1) is 21.9. The van der Waals surface area contributed by atoms with E-state index < -0.39 is 6.10 Å². The molecule has 172 valence electrons. The van der Waals surface area contributed by atoms with Crippen molar-refractivity contribution < 1.29 is 14.6 Å². The first-order valence-electron chi connectivity index (χ1n) is 11.7. The summed E-state index contributed by atoms with van der Waals surface area (Å²) in [4.78, 5) is 19.3. The molecule has 0 radical (unpaired) electrons. The molecule has 4 atom stereocenters. The monoisotopic (exact) mass is 445 g/mol. The molecule has 33 heavy (non-hydrogen) atoms. The lowest BCUT2D eigenvalue weighted by molar-refractivity contribution is -0.117. The number of rotatable bonds is 5. The minimum atomic E-state index is -0.524. The van der Waals surface area contributed by atoms with Crippen molar-refractivity contribution >= 4 is 22.5 Å². The van der Waals surface area contributed by atoms with E-state index in [-0.39, 0.29) is 12.0 Å². The van der Waals surface area contributed by atoms with E-state index in [1.165, 1.54) is 5.56 Å². The molecule has 3 aromatic rings. The summed E-state index contributed by atoms with van der Waals surface area (Å²) in [7, 11) is 0. The highest BCUT2D eigenvalue weighted by molar-refractivity contribution is 5.92. The van der Waals surface area contributed by atoms with Crippen LogP contribution < -0.4 is 10.1 Å². The number of fused-ring (bicyclic) bond motifs is 2. The lowest BCUT2D eigenvalue weighted by atomic mass is 9.78. The highest BCUT2D eigenvalue weighted by Crippen LogP contribution is 2.39. The number of benzene rings is 2. The second-order valence-corrected chi connectivity index (χ2v) is 9.56. The summed E-state index contributed by atoms with van der Waals surface area (Å²) in [5.74, 6) is 1.57. The van der Waals surface area contributed by atoms with Crippen LogP contribution in [-0.4, -0.2) is 52.7 Å². The highest BCUT2D eigenvalue weighted by atomic mass is 16.5. The SMILES string of the molecule is Cc1cc(C)c2cccnc2c1O[C@@H]1C[C@@H]2CN(CC(=O)Nc3ccccc3)C[C@@H]2C[C@H]1O. The third-order valence-electron chi connectivity index (χ3n) is 7.09. The van der Waals surface area contributed by atoms with Gasteiger partial charge in [-0.3, -0.25) is 14.7 Å². The van der Waals surface area contributed by atoms with Gasteiger partial charge in [-0.15, -0.1) is 0 Å². The quantitative estimate of drug-likeness (QED) is 0.622. The average molecular weight is 446 g/mol. The van der Waals surface area contributed by atoms with Crippen molar-refractivity contribution in [3.05, 3.63) is 65.9 Å². The maximum absolute atomic E-state index is 12.5. The van der Waals surface area contributed by atoms with Gasteiger partial charge in [0.25, 0.3) is 0 Å². The molecule has 0 spiro atoms. The summed E-state index contributed by atoms with van der Waals surface area (Å²) in [5.41, 5.74) is 3.89. The predicted octanol–water partition coefficient (Wildman–Crippen LogP) is 3.94. The number of para-hydroxylation sites is 1. The summed E-state index contributed by atoms with van der Waals surface area (Å²) < 4.78 is 6.46. The zero-order valence-corrected chi connectivity index (χ0v) is 19.2. The lowest BCUT2D eigenvalue weighted by Crippen LogP contribution is -2.42. The summed E-state index contributed by atoms with van der Waals surface area (Å²) in [6.07, 6.45) is 2.48. The Kier molecular flexibility index (Phi) is 6.04. The fourth-order valence-corrected chi connectivity index (χ4v) is 5.53. The smallest absolute Gasteiger partial charge is 0.238 e. The second-order valence-electron chi connectivity index (χ2n) is 9.56. The third kappa shape index (κ3) is 4.59. The van der Waals surface area contributed by atoms with E-state index >= 15 is 0 Å². The van der Waals surface area contributed by atoms with Crippen molar-refractivity contribution in [3.63, 3.8) is 0 Å². The molecule has 0 bridgehead atoms. The van der Waals surface area contributed by atoms with Gasteiger partial charge in [0.2, 0.25) is 5.91 Å². The topological polar surface area (TPSA) is 74.7 Å². The van der Waals surface area contributed by atoms with Gasteiger partial charge in [-0.1, -0.05) is 30.3 Å². The summed E-state index contributed by atoms with van der Waals surface area (Å²) >= 11 is 0. The number of carbonyl (C=O) groups is 1. The van der Waals surface area contributed by atoms with Crippen LogP contribution in [0.3, 0.4) is 0 Å². The van der Waals surface area contributed by atoms with Gasteiger partial charge < -0.3 is 15.2 Å². The molecule has 1 aromatic heterocycles. The van der Waals surface area contributed by atoms with E-state index in [0.717, 1.165) is 47.4 Å². The van der Waals surface area contributed by atoms with Gasteiger partial charge in [-0.05, 0) is 67.9 Å². The minimum absolute atomic E-state index is 0.000944. The van der Waals surface area contributed by atoms with Crippen LogP contribution in [0.5, 0.6) is 5.75 Å². The standard InChI is InChI=1S/C27H31N3O3/c1-17-11-18(2)27(26-22(17)9-6-10-28-26)33-24-13-20-15-30(14-19(20)12-23(24)31)16-25(32)29-21-7-4-3-5-8-21/h3-11,19-20,23-24,31H,12-16H2,1-2H3,(H,29,32)/t19-,20+,23+,24+/m0/s1. The normalized spacial score (nSPS) is 25.1. The number of anilines is 1. The van der Waals surface area contributed by atoms with E-state index in [9.17, 15) is 9.90 Å². The van der Waals surface area contributed by atoms with Crippen molar-refractivity contribution in [1.29, 1.82) is 0 Å². The molecule has 2 aromatic carbocycles. The van der Waals surface area contributed by atoms with Crippen LogP contribution in [-0.2, 0) is 4.79 Å². The van der Waals surface area contributed by atoms with E-state index in [2.05, 4.69) is 34.3 Å². The minimum Gasteiger partial charge on any atom is -0.485 e. The lowest BCUT2D eigenvalue weighted by Gasteiger charge is -2.35. The van der Waals surface area contributed by atoms with Crippen LogP contribution in [0.25, 0.3) is 10.9 Å². The van der Waals surface area contributed by atoms with E-state index in [1.807, 2.05) is 43.3 Å². The molecule has 2 heterocycles. The average Bonchev–Trinajstić information content (AvgIpc) is 3.17. The number of amides is 1. The number of hydrogen-bond acceptors (Lipinski definition) is 5. The van der Waals surface area contributed by atoms with Crippen molar-refractivity contribution in [2.45, 2.75) is 38.9 Å². The molecule has 2 fully saturated rings. The molecule has 0 unspecified atom stereocenters. The molecular formula is C27H31N3O3. The van der Waals surface area contributed by atoms with Crippen molar-refractivity contribution in [3.8, 4) is 5.75 Å². The van der Waals surface area contributed by atoms with Crippen LogP contribution in [0.15, 0.2) is 54.7 Å². The Morgan fingerprint density at radius 1 is 1.09 bits per heavy atom. The summed E-state index contributed by atoms with van der Waals surface area (Å²) in [6.45, 7) is 6.18. The number of ether oxygens (including phenoxy) is 1. The molecule has 1 saturated heterocycles. The number of pyridine rings is 1. The number of nitrogens with zero attached hydrogens (tertiary/aromatic N) is 2. The van der Waals surface area contributed by atoms with Gasteiger partial charge >= 0.3 is 0 Å². The number of aliphatic hydroxyl groups is 1. The predicted molar refractivity (Wildman–Crippen MR) is 129 cm³/mol. The van der Waals surface area contributed by atoms with Gasteiger partial charge in [0.05, 0.1) is 12.6 Å². The number of likely N-dealkylation sites (tertiary alicyclic amines) is 1. The van der Waals surface area contributed by atoms with Gasteiger partial charge in [0.15, 0.2) is 0 Å². The zero-order chi connectivity index (χ0) is 22.9. The molecule has 1 aliphatic carbocycles. The van der Waals surface area contributed by atoms with Gasteiger partial charge in [0, 0.05) is 30.4 Å². The number of carbonyl (C=O) groups excluding carboxylic acids is 1. The zero-order valence-electron chi connectivity index (χ0n) is 19.2. The molecule has 6 heteroatoms. The van der Waals surface area contributed by atoms with E-state index in [0.29, 0.717) is 24.8 Å². The number of nitrogens with one attached hydrogen (secondary N) is 1. The van der Waals surface area contributed by atoms with Crippen LogP contribution in [0.4, 0.5) is 5.69 Å². The highest BCUT2D eigenvalue weighted by Gasteiger charge is 2.43. The second kappa shape index (κ2) is 9.12. The maximum atomic E-state index is 12.5. The van der Waals surface area contributed by atoms with Crippen LogP contribution in [0.2, 0.25) is 0 Å². The maximum Gasteiger partial charge on any atom is 0.238 e. The molecule has 1 amide bonds. The Labute approximate surface area is 194 Å². The molecule has 6 nitrogen and oxygen atoms in total. The molecule has 5 rings (SSSR count). The summed E-state index contributed by atoms with van der Waals surface area (Å²) in [6, 6.07) is 15.7. The van der Waals surface area contributed by atoms with E-state index in [1.54, 1.807) is 6.20 Å². The Morgan fingerprint density at radius 3 is 2.64 bits per heavy atom. The van der Waals surface area contributed by atoms with Gasteiger partial charge in [0.1, 0.15) is 17.4 Å². The van der Waals surface area contributed by atoms with E-state index in [4.69, 9.17) is 4.74 Å². The first-order valence-corrected chi connectivity index (χ1v) is 11.7. The van der Waals surface area contributed by atoms with Crippen molar-refractivity contribution in [2.24, 2.45) is 11.8 Å². The Balaban J connectivity index is 1.25.